The Morgan fingerprint density at radius 3 is 1.80 bits per heavy atom. The third-order valence-electron chi connectivity index (χ3n) is 1.67. The summed E-state index contributed by atoms with van der Waals surface area (Å²) in [5.41, 5.74) is 0. The minimum Gasteiger partial charge on any atom is -0.396 e. The van der Waals surface area contributed by atoms with Crippen molar-refractivity contribution in [3.8, 4) is 0 Å². The molecule has 0 heterocycles. The minimum absolute atomic E-state index is 0.646. The van der Waals surface area contributed by atoms with E-state index < -0.39 is 43.9 Å². The van der Waals surface area contributed by atoms with Gasteiger partial charge >= 0.3 is 12.3 Å². The van der Waals surface area contributed by atoms with Gasteiger partial charge in [0.1, 0.15) is 0 Å². The van der Waals surface area contributed by atoms with Gasteiger partial charge < -0.3 is 5.11 Å². The lowest BCUT2D eigenvalue weighted by molar-refractivity contribution is -0.233. The molecule has 0 aromatic carbocycles. The Balaban J connectivity index is 4.59. The Hall–Kier alpha value is -0.530. The summed E-state index contributed by atoms with van der Waals surface area (Å²) < 4.78 is 85.1. The van der Waals surface area contributed by atoms with E-state index in [1.54, 1.807) is 0 Å². The zero-order chi connectivity index (χ0) is 12.3. The maximum atomic E-state index is 12.6. The maximum Gasteiger partial charge on any atom is 0.343 e. The van der Waals surface area contributed by atoms with E-state index in [9.17, 15) is 30.7 Å². The van der Waals surface area contributed by atoms with Crippen molar-refractivity contribution in [2.24, 2.45) is 0 Å². The summed E-state index contributed by atoms with van der Waals surface area (Å²) in [4.78, 5) is 0. The lowest BCUT2D eigenvalue weighted by Crippen LogP contribution is -2.48. The predicted octanol–water partition coefficient (Wildman–Crippen LogP) is 2.63. The molecule has 0 radical (unpaired) electrons. The Kier molecular flexibility index (Phi) is 4.82. The van der Waals surface area contributed by atoms with Gasteiger partial charge in [0.25, 0.3) is 5.92 Å². The lowest BCUT2D eigenvalue weighted by atomic mass is 10.0. The topological polar surface area (TPSA) is 20.2 Å². The van der Waals surface area contributed by atoms with Crippen LogP contribution in [0.15, 0.2) is 0 Å². The molecular weight excluding hydrogens is 233 g/mol. The predicted molar refractivity (Wildman–Crippen MR) is 37.1 cm³/mol. The van der Waals surface area contributed by atoms with Crippen molar-refractivity contribution in [2.45, 2.75) is 37.3 Å². The smallest absolute Gasteiger partial charge is 0.343 e. The third-order valence-corrected chi connectivity index (χ3v) is 1.67. The largest absolute Gasteiger partial charge is 0.396 e. The molecule has 0 saturated carbocycles. The Morgan fingerprint density at radius 1 is 1.00 bits per heavy atom. The van der Waals surface area contributed by atoms with E-state index in [-0.39, 0.29) is 0 Å². The molecule has 0 aliphatic rings. The molecule has 0 rings (SSSR count). The van der Waals surface area contributed by atoms with Crippen LogP contribution in [0.4, 0.5) is 30.7 Å². The van der Waals surface area contributed by atoms with Gasteiger partial charge in [-0.15, -0.1) is 0 Å². The standard InChI is InChI=1S/C7H9F7O/c8-4(7(13,14)5(9)10)6(11,12)2-1-3-15/h4-5,15H,1-3H2. The second kappa shape index (κ2) is 5.00. The van der Waals surface area contributed by atoms with E-state index in [0.717, 1.165) is 0 Å². The highest BCUT2D eigenvalue weighted by Crippen LogP contribution is 2.40. The Labute approximate surface area is 80.9 Å². The summed E-state index contributed by atoms with van der Waals surface area (Å²) >= 11 is 0. The van der Waals surface area contributed by atoms with Gasteiger partial charge in [-0.05, 0) is 6.42 Å². The van der Waals surface area contributed by atoms with Crippen LogP contribution in [0.25, 0.3) is 0 Å². The summed E-state index contributed by atoms with van der Waals surface area (Å²) in [6, 6.07) is 0. The van der Waals surface area contributed by atoms with Crippen LogP contribution in [-0.2, 0) is 0 Å². The number of rotatable bonds is 6. The summed E-state index contributed by atoms with van der Waals surface area (Å²) in [6.45, 7) is -0.761. The molecule has 1 unspecified atom stereocenters. The summed E-state index contributed by atoms with van der Waals surface area (Å²) in [7, 11) is 0. The van der Waals surface area contributed by atoms with Gasteiger partial charge in [0.15, 0.2) is 0 Å². The molecule has 0 aromatic heterocycles. The average molecular weight is 242 g/mol. The van der Waals surface area contributed by atoms with Crippen molar-refractivity contribution >= 4 is 0 Å². The van der Waals surface area contributed by atoms with Crippen molar-refractivity contribution < 1.29 is 35.8 Å². The summed E-state index contributed by atoms with van der Waals surface area (Å²) in [5.74, 6) is -9.97. The molecule has 0 spiro atoms. The van der Waals surface area contributed by atoms with Crippen molar-refractivity contribution in [1.82, 2.24) is 0 Å². The number of hydrogen-bond donors (Lipinski definition) is 1. The second-order valence-corrected chi connectivity index (χ2v) is 2.93. The molecule has 0 aliphatic heterocycles. The second-order valence-electron chi connectivity index (χ2n) is 2.93. The fraction of sp³-hybridized carbons (Fsp3) is 1.00. The van der Waals surface area contributed by atoms with Crippen LogP contribution in [0.5, 0.6) is 0 Å². The number of hydrogen-bond acceptors (Lipinski definition) is 1. The monoisotopic (exact) mass is 242 g/mol. The molecule has 0 bridgehead atoms. The zero-order valence-corrected chi connectivity index (χ0v) is 7.37. The Morgan fingerprint density at radius 2 is 1.47 bits per heavy atom. The fourth-order valence-corrected chi connectivity index (χ4v) is 0.834. The highest BCUT2D eigenvalue weighted by molar-refractivity contribution is 4.90. The quantitative estimate of drug-likeness (QED) is 0.710. The van der Waals surface area contributed by atoms with E-state index in [0.29, 0.717) is 0 Å². The van der Waals surface area contributed by atoms with E-state index in [4.69, 9.17) is 5.11 Å². The van der Waals surface area contributed by atoms with Gasteiger partial charge in [-0.25, -0.2) is 22.0 Å². The van der Waals surface area contributed by atoms with E-state index in [2.05, 4.69) is 0 Å². The first kappa shape index (κ1) is 14.5. The number of alkyl halides is 7. The molecule has 8 heteroatoms. The van der Waals surface area contributed by atoms with Crippen LogP contribution < -0.4 is 0 Å². The van der Waals surface area contributed by atoms with Crippen molar-refractivity contribution in [1.29, 1.82) is 0 Å². The molecule has 0 aliphatic carbocycles. The lowest BCUT2D eigenvalue weighted by Gasteiger charge is -2.26. The average Bonchev–Trinajstić information content (AvgIpc) is 2.13. The fourth-order valence-electron chi connectivity index (χ4n) is 0.834. The molecule has 0 amide bonds. The third kappa shape index (κ3) is 3.51. The molecular formula is C7H9F7O. The molecule has 1 atom stereocenters. The molecule has 92 valence electrons. The van der Waals surface area contributed by atoms with Crippen LogP contribution in [0, 0.1) is 0 Å². The molecule has 1 N–H and O–H groups in total. The highest BCUT2D eigenvalue weighted by atomic mass is 19.3. The first-order chi connectivity index (χ1) is 6.66. The normalized spacial score (nSPS) is 15.8. The van der Waals surface area contributed by atoms with Crippen LogP contribution in [0.3, 0.4) is 0 Å². The summed E-state index contributed by atoms with van der Waals surface area (Å²) in [5, 5.41) is 8.13. The van der Waals surface area contributed by atoms with Crippen molar-refractivity contribution in [3.05, 3.63) is 0 Å². The number of halogens is 7. The SMILES string of the molecule is OCCCC(F)(F)C(F)C(F)(F)C(F)F. The molecule has 0 saturated heterocycles. The van der Waals surface area contributed by atoms with Crippen LogP contribution in [0.2, 0.25) is 0 Å². The van der Waals surface area contributed by atoms with Gasteiger partial charge in [-0.2, -0.15) is 8.78 Å². The molecule has 1 nitrogen and oxygen atoms in total. The van der Waals surface area contributed by atoms with Crippen molar-refractivity contribution in [3.63, 3.8) is 0 Å². The number of aliphatic hydroxyl groups excluding tert-OH is 1. The number of aliphatic hydroxyl groups is 1. The van der Waals surface area contributed by atoms with Crippen LogP contribution >= 0.6 is 0 Å². The highest BCUT2D eigenvalue weighted by Gasteiger charge is 2.60. The minimum atomic E-state index is -5.39. The van der Waals surface area contributed by atoms with Gasteiger partial charge in [0.2, 0.25) is 6.17 Å². The van der Waals surface area contributed by atoms with Crippen LogP contribution in [-0.4, -0.2) is 36.2 Å². The first-order valence-corrected chi connectivity index (χ1v) is 3.95. The van der Waals surface area contributed by atoms with E-state index in [1.165, 1.54) is 0 Å². The molecule has 0 fully saturated rings. The van der Waals surface area contributed by atoms with Gasteiger partial charge in [-0.1, -0.05) is 0 Å². The van der Waals surface area contributed by atoms with E-state index in [1.807, 2.05) is 0 Å². The van der Waals surface area contributed by atoms with Gasteiger partial charge in [0.05, 0.1) is 0 Å². The van der Waals surface area contributed by atoms with Crippen molar-refractivity contribution in [2.75, 3.05) is 6.61 Å². The van der Waals surface area contributed by atoms with E-state index >= 15 is 0 Å². The van der Waals surface area contributed by atoms with Gasteiger partial charge in [0, 0.05) is 13.0 Å². The first-order valence-electron chi connectivity index (χ1n) is 3.95. The molecule has 15 heavy (non-hydrogen) atoms. The van der Waals surface area contributed by atoms with Crippen LogP contribution in [0.1, 0.15) is 12.8 Å². The zero-order valence-electron chi connectivity index (χ0n) is 7.37. The maximum absolute atomic E-state index is 12.6. The van der Waals surface area contributed by atoms with Gasteiger partial charge in [-0.3, -0.25) is 0 Å². The Bertz CT molecular complexity index is 194. The summed E-state index contributed by atoms with van der Waals surface area (Å²) in [6.07, 6.45) is -10.8. The molecule has 0 aromatic rings.